The maximum atomic E-state index is 9.56. The fraction of sp³-hybridized carbons (Fsp3) is 0.833. The number of aryl methyl sites for hydroxylation is 2. The normalized spacial score (nSPS) is 20.1. The Bertz CT molecular complexity index is 670. The summed E-state index contributed by atoms with van der Waals surface area (Å²) in [6.45, 7) is 12.0. The van der Waals surface area contributed by atoms with Crippen molar-refractivity contribution >= 4 is 29.9 Å². The molecule has 2 aliphatic rings. The van der Waals surface area contributed by atoms with Crippen molar-refractivity contribution in [3.05, 3.63) is 17.3 Å². The monoisotopic (exact) mass is 561 g/mol. The second-order valence-electron chi connectivity index (χ2n) is 9.58. The Hall–Kier alpha value is -0.870. The molecule has 0 unspecified atom stereocenters. The maximum absolute atomic E-state index is 9.56. The lowest BCUT2D eigenvalue weighted by Gasteiger charge is -2.36. The van der Waals surface area contributed by atoms with E-state index in [1.54, 1.807) is 0 Å². The van der Waals surface area contributed by atoms with Gasteiger partial charge >= 0.3 is 0 Å². The van der Waals surface area contributed by atoms with Gasteiger partial charge in [-0.15, -0.1) is 24.0 Å². The quantitative estimate of drug-likeness (QED) is 0.240. The summed E-state index contributed by atoms with van der Waals surface area (Å²) >= 11 is 0. The number of aromatic nitrogens is 1. The Morgan fingerprint density at radius 2 is 1.91 bits per heavy atom. The van der Waals surface area contributed by atoms with E-state index in [0.717, 1.165) is 69.0 Å². The van der Waals surface area contributed by atoms with Crippen molar-refractivity contribution in [3.8, 4) is 0 Å². The third kappa shape index (κ3) is 8.17. The third-order valence-corrected chi connectivity index (χ3v) is 7.17. The van der Waals surface area contributed by atoms with Gasteiger partial charge < -0.3 is 20.2 Å². The number of aliphatic hydroxyl groups excluding tert-OH is 1. The van der Waals surface area contributed by atoms with Gasteiger partial charge in [-0.1, -0.05) is 19.3 Å². The number of aliphatic imine (C=N–C) groups is 1. The molecule has 0 radical (unpaired) electrons. The van der Waals surface area contributed by atoms with Gasteiger partial charge in [0.15, 0.2) is 5.96 Å². The number of rotatable bonds is 9. The van der Waals surface area contributed by atoms with Gasteiger partial charge in [0.1, 0.15) is 5.76 Å². The van der Waals surface area contributed by atoms with Crippen LogP contribution in [0, 0.1) is 25.2 Å². The van der Waals surface area contributed by atoms with E-state index in [4.69, 9.17) is 9.41 Å². The van der Waals surface area contributed by atoms with Crippen molar-refractivity contribution in [1.82, 2.24) is 20.5 Å². The summed E-state index contributed by atoms with van der Waals surface area (Å²) in [5, 5.41) is 16.6. The highest BCUT2D eigenvalue weighted by atomic mass is 127. The summed E-state index contributed by atoms with van der Waals surface area (Å²) < 4.78 is 5.75. The standard InChI is InChI=1S/C24H43N5O2.HI/c1-4-25-23(27-18-24(12-15-30)10-6-5-7-11-24)26-16-21-8-13-29(14-9-21)17-22-28-19(2)20(3)31-22;/h21,30H,4-18H2,1-3H3,(H2,25,26,27);1H. The number of hydrogen-bond acceptors (Lipinski definition) is 5. The summed E-state index contributed by atoms with van der Waals surface area (Å²) in [6.07, 6.45) is 9.48. The number of nitrogens with one attached hydrogen (secondary N) is 2. The molecule has 32 heavy (non-hydrogen) atoms. The van der Waals surface area contributed by atoms with Crippen LogP contribution in [-0.4, -0.2) is 60.3 Å². The number of oxazole rings is 1. The van der Waals surface area contributed by atoms with Crippen LogP contribution in [0.3, 0.4) is 0 Å². The van der Waals surface area contributed by atoms with Crippen molar-refractivity contribution in [2.75, 3.05) is 39.3 Å². The summed E-state index contributed by atoms with van der Waals surface area (Å²) in [6, 6.07) is 0. The molecule has 3 rings (SSSR count). The first-order valence-electron chi connectivity index (χ1n) is 12.3. The summed E-state index contributed by atoms with van der Waals surface area (Å²) in [5.41, 5.74) is 1.19. The van der Waals surface area contributed by atoms with Gasteiger partial charge in [-0.05, 0) is 77.3 Å². The van der Waals surface area contributed by atoms with Gasteiger partial charge in [0, 0.05) is 26.2 Å². The molecule has 1 saturated heterocycles. The molecule has 1 saturated carbocycles. The van der Waals surface area contributed by atoms with Crippen molar-refractivity contribution in [2.45, 2.75) is 78.7 Å². The van der Waals surface area contributed by atoms with Crippen LogP contribution in [0.5, 0.6) is 0 Å². The summed E-state index contributed by atoms with van der Waals surface area (Å²) in [4.78, 5) is 11.9. The molecule has 1 aliphatic heterocycles. The van der Waals surface area contributed by atoms with Crippen LogP contribution in [0.15, 0.2) is 9.41 Å². The molecule has 3 N–H and O–H groups in total. The lowest BCUT2D eigenvalue weighted by molar-refractivity contribution is 0.137. The first kappa shape index (κ1) is 27.4. The number of likely N-dealkylation sites (tertiary alicyclic amines) is 1. The first-order valence-corrected chi connectivity index (χ1v) is 12.3. The molecule has 184 valence electrons. The number of piperidine rings is 1. The van der Waals surface area contributed by atoms with E-state index in [9.17, 15) is 5.11 Å². The van der Waals surface area contributed by atoms with Gasteiger partial charge in [-0.2, -0.15) is 0 Å². The molecule has 2 fully saturated rings. The number of guanidine groups is 1. The van der Waals surface area contributed by atoms with E-state index in [-0.39, 0.29) is 36.0 Å². The predicted molar refractivity (Wildman–Crippen MR) is 141 cm³/mol. The molecule has 0 aromatic carbocycles. The molecule has 2 heterocycles. The van der Waals surface area contributed by atoms with E-state index in [0.29, 0.717) is 5.92 Å². The van der Waals surface area contributed by atoms with Crippen LogP contribution >= 0.6 is 24.0 Å². The second-order valence-corrected chi connectivity index (χ2v) is 9.58. The Morgan fingerprint density at radius 3 is 2.50 bits per heavy atom. The molecule has 0 bridgehead atoms. The molecule has 7 nitrogen and oxygen atoms in total. The lowest BCUT2D eigenvalue weighted by Crippen LogP contribution is -2.43. The van der Waals surface area contributed by atoms with Crippen LogP contribution < -0.4 is 10.6 Å². The molecule has 0 spiro atoms. The fourth-order valence-corrected chi connectivity index (χ4v) is 5.00. The van der Waals surface area contributed by atoms with E-state index in [1.165, 1.54) is 44.9 Å². The lowest BCUT2D eigenvalue weighted by atomic mass is 9.72. The predicted octanol–water partition coefficient (Wildman–Crippen LogP) is 4.01. The fourth-order valence-electron chi connectivity index (χ4n) is 5.00. The van der Waals surface area contributed by atoms with Crippen LogP contribution in [0.2, 0.25) is 0 Å². The largest absolute Gasteiger partial charge is 0.444 e. The topological polar surface area (TPSA) is 85.9 Å². The Morgan fingerprint density at radius 1 is 1.19 bits per heavy atom. The van der Waals surface area contributed by atoms with E-state index in [1.807, 2.05) is 13.8 Å². The second kappa shape index (κ2) is 13.7. The number of halogens is 1. The van der Waals surface area contributed by atoms with Gasteiger partial charge in [-0.25, -0.2) is 4.98 Å². The number of hydrogen-bond donors (Lipinski definition) is 3. The highest BCUT2D eigenvalue weighted by molar-refractivity contribution is 14.0. The maximum Gasteiger partial charge on any atom is 0.208 e. The van der Waals surface area contributed by atoms with E-state index >= 15 is 0 Å². The van der Waals surface area contributed by atoms with Gasteiger partial charge in [-0.3, -0.25) is 9.89 Å². The van der Waals surface area contributed by atoms with E-state index in [2.05, 4.69) is 27.4 Å². The van der Waals surface area contributed by atoms with Gasteiger partial charge in [0.2, 0.25) is 5.89 Å². The molecule has 1 aliphatic carbocycles. The Labute approximate surface area is 211 Å². The Kier molecular flexibility index (Phi) is 11.8. The summed E-state index contributed by atoms with van der Waals surface area (Å²) in [7, 11) is 0. The third-order valence-electron chi connectivity index (χ3n) is 7.17. The zero-order valence-electron chi connectivity index (χ0n) is 20.3. The van der Waals surface area contributed by atoms with Gasteiger partial charge in [0.05, 0.1) is 12.2 Å². The van der Waals surface area contributed by atoms with Crippen LogP contribution in [0.1, 0.15) is 75.6 Å². The number of nitrogens with zero attached hydrogens (tertiary/aromatic N) is 3. The average molecular weight is 562 g/mol. The minimum absolute atomic E-state index is 0. The van der Waals surface area contributed by atoms with Crippen LogP contribution in [0.4, 0.5) is 0 Å². The van der Waals surface area contributed by atoms with Crippen LogP contribution in [-0.2, 0) is 6.54 Å². The zero-order valence-corrected chi connectivity index (χ0v) is 22.6. The minimum atomic E-state index is 0. The molecule has 8 heteroatoms. The average Bonchev–Trinajstić information content (AvgIpc) is 3.09. The molecule has 0 atom stereocenters. The van der Waals surface area contributed by atoms with Gasteiger partial charge in [0.25, 0.3) is 0 Å². The van der Waals surface area contributed by atoms with E-state index < -0.39 is 0 Å². The Balaban J connectivity index is 0.00000363. The van der Waals surface area contributed by atoms with Crippen molar-refractivity contribution in [3.63, 3.8) is 0 Å². The number of aliphatic hydroxyl groups is 1. The minimum Gasteiger partial charge on any atom is -0.444 e. The van der Waals surface area contributed by atoms with Crippen molar-refractivity contribution < 1.29 is 9.52 Å². The summed E-state index contributed by atoms with van der Waals surface area (Å²) in [5.74, 6) is 3.36. The SMILES string of the molecule is CCNC(=NCC1(CCO)CCCCC1)NCC1CCN(Cc2nc(C)c(C)o2)CC1.I. The highest BCUT2D eigenvalue weighted by Crippen LogP contribution is 2.39. The molecule has 1 aromatic rings. The molecular formula is C24H44IN5O2. The molecular weight excluding hydrogens is 517 g/mol. The highest BCUT2D eigenvalue weighted by Gasteiger charge is 2.31. The van der Waals surface area contributed by atoms with Crippen molar-refractivity contribution in [1.29, 1.82) is 0 Å². The van der Waals surface area contributed by atoms with Crippen LogP contribution in [0.25, 0.3) is 0 Å². The molecule has 0 amide bonds. The first-order chi connectivity index (χ1) is 15.0. The smallest absolute Gasteiger partial charge is 0.208 e. The zero-order chi connectivity index (χ0) is 22.1. The van der Waals surface area contributed by atoms with Crippen molar-refractivity contribution in [2.24, 2.45) is 16.3 Å². The molecule has 1 aromatic heterocycles.